The average molecular weight is 323 g/mol. The van der Waals surface area contributed by atoms with E-state index in [0.717, 1.165) is 32.6 Å². The van der Waals surface area contributed by atoms with Crippen LogP contribution in [0.15, 0.2) is 12.7 Å². The Morgan fingerprint density at radius 2 is 2.00 bits per heavy atom. The van der Waals surface area contributed by atoms with Gasteiger partial charge in [-0.3, -0.25) is 4.79 Å². The number of nitrogens with zero attached hydrogens (tertiary/aromatic N) is 5. The lowest BCUT2D eigenvalue weighted by Gasteiger charge is -2.50. The number of likely N-dealkylation sites (tertiary alicyclic amines) is 2. The summed E-state index contributed by atoms with van der Waals surface area (Å²) in [6.45, 7) is 4.79. The molecule has 3 heterocycles. The van der Waals surface area contributed by atoms with Crippen molar-refractivity contribution in [3.05, 3.63) is 12.7 Å². The molecule has 2 aliphatic heterocycles. The molecule has 2 fully saturated rings. The van der Waals surface area contributed by atoms with Gasteiger partial charge < -0.3 is 24.2 Å². The van der Waals surface area contributed by atoms with E-state index in [1.807, 2.05) is 9.47 Å². The zero-order valence-corrected chi connectivity index (χ0v) is 13.6. The van der Waals surface area contributed by atoms with Gasteiger partial charge in [-0.2, -0.15) is 0 Å². The van der Waals surface area contributed by atoms with Gasteiger partial charge in [0.25, 0.3) is 0 Å². The Morgan fingerprint density at radius 1 is 1.26 bits per heavy atom. The number of piperidine rings is 2. The summed E-state index contributed by atoms with van der Waals surface area (Å²) < 4.78 is 6.89. The van der Waals surface area contributed by atoms with Crippen molar-refractivity contribution < 1.29 is 14.6 Å². The Bertz CT molecular complexity index is 523. The maximum Gasteiger partial charge on any atom is 0.248 e. The molecule has 0 radical (unpaired) electrons. The van der Waals surface area contributed by atoms with E-state index in [1.54, 1.807) is 12.7 Å². The van der Waals surface area contributed by atoms with Gasteiger partial charge in [-0.15, -0.1) is 10.2 Å². The van der Waals surface area contributed by atoms with Crippen LogP contribution in [0.5, 0.6) is 0 Å². The smallest absolute Gasteiger partial charge is 0.248 e. The highest BCUT2D eigenvalue weighted by Crippen LogP contribution is 2.35. The SMILES string of the molecule is COCC(=O)N1CCC2(O)CCN(CCn3cnnc3)CC2C1. The molecule has 2 aliphatic rings. The third-order valence-electron chi connectivity index (χ3n) is 5.12. The molecule has 2 unspecified atom stereocenters. The molecule has 0 aliphatic carbocycles. The second-order valence-electron chi connectivity index (χ2n) is 6.57. The Morgan fingerprint density at radius 3 is 2.74 bits per heavy atom. The number of methoxy groups -OCH3 is 1. The number of hydrogen-bond acceptors (Lipinski definition) is 6. The number of rotatable bonds is 5. The van der Waals surface area contributed by atoms with Crippen LogP contribution in [0.1, 0.15) is 12.8 Å². The second-order valence-corrected chi connectivity index (χ2v) is 6.57. The molecule has 8 heteroatoms. The van der Waals surface area contributed by atoms with Crippen LogP contribution in [0, 0.1) is 5.92 Å². The summed E-state index contributed by atoms with van der Waals surface area (Å²) in [6.07, 6.45) is 4.86. The topological polar surface area (TPSA) is 83.7 Å². The van der Waals surface area contributed by atoms with Crippen LogP contribution in [-0.2, 0) is 16.1 Å². The van der Waals surface area contributed by atoms with Crippen molar-refractivity contribution in [2.24, 2.45) is 5.92 Å². The highest BCUT2D eigenvalue weighted by Gasteiger charge is 2.45. The number of hydrogen-bond donors (Lipinski definition) is 1. The fourth-order valence-corrected chi connectivity index (χ4v) is 3.61. The maximum atomic E-state index is 12.0. The van der Waals surface area contributed by atoms with E-state index < -0.39 is 5.60 Å². The first-order chi connectivity index (χ1) is 11.1. The quantitative estimate of drug-likeness (QED) is 0.764. The highest BCUT2D eigenvalue weighted by molar-refractivity contribution is 5.77. The summed E-state index contributed by atoms with van der Waals surface area (Å²) >= 11 is 0. The van der Waals surface area contributed by atoms with E-state index in [9.17, 15) is 9.90 Å². The van der Waals surface area contributed by atoms with E-state index in [-0.39, 0.29) is 18.4 Å². The number of amides is 1. The normalized spacial score (nSPS) is 28.6. The van der Waals surface area contributed by atoms with Gasteiger partial charge >= 0.3 is 0 Å². The van der Waals surface area contributed by atoms with Crippen molar-refractivity contribution in [3.8, 4) is 0 Å². The predicted molar refractivity (Wildman–Crippen MR) is 82.6 cm³/mol. The van der Waals surface area contributed by atoms with Gasteiger partial charge in [0.1, 0.15) is 19.3 Å². The van der Waals surface area contributed by atoms with Gasteiger partial charge in [0.05, 0.1) is 5.60 Å². The Kier molecular flexibility index (Phi) is 4.93. The molecule has 23 heavy (non-hydrogen) atoms. The first-order valence-corrected chi connectivity index (χ1v) is 8.14. The lowest BCUT2D eigenvalue weighted by atomic mass is 9.75. The van der Waals surface area contributed by atoms with Gasteiger partial charge in [0.2, 0.25) is 5.91 Å². The zero-order valence-electron chi connectivity index (χ0n) is 13.6. The van der Waals surface area contributed by atoms with Crippen molar-refractivity contribution >= 4 is 5.91 Å². The molecule has 128 valence electrons. The number of ether oxygens (including phenoxy) is 1. The molecule has 0 aromatic carbocycles. The molecule has 1 aromatic rings. The first kappa shape index (κ1) is 16.4. The summed E-state index contributed by atoms with van der Waals surface area (Å²) in [5.41, 5.74) is -0.628. The molecule has 0 spiro atoms. The lowest BCUT2D eigenvalue weighted by molar-refractivity contribution is -0.150. The largest absolute Gasteiger partial charge is 0.389 e. The molecular weight excluding hydrogens is 298 g/mol. The van der Waals surface area contributed by atoms with E-state index in [1.165, 1.54) is 7.11 Å². The number of carbonyl (C=O) groups is 1. The summed E-state index contributed by atoms with van der Waals surface area (Å²) in [5.74, 6) is 0.114. The van der Waals surface area contributed by atoms with E-state index in [4.69, 9.17) is 4.74 Å². The van der Waals surface area contributed by atoms with Crippen molar-refractivity contribution in [1.29, 1.82) is 0 Å². The second kappa shape index (κ2) is 6.94. The Balaban J connectivity index is 1.56. The molecule has 8 nitrogen and oxygen atoms in total. The van der Waals surface area contributed by atoms with E-state index >= 15 is 0 Å². The molecule has 1 aromatic heterocycles. The zero-order chi connectivity index (χ0) is 16.3. The minimum absolute atomic E-state index is 0.0103. The van der Waals surface area contributed by atoms with Crippen LogP contribution >= 0.6 is 0 Å². The Hall–Kier alpha value is -1.51. The third-order valence-corrected chi connectivity index (χ3v) is 5.12. The minimum atomic E-state index is -0.628. The Labute approximate surface area is 136 Å². The van der Waals surface area contributed by atoms with Crippen molar-refractivity contribution in [2.75, 3.05) is 46.4 Å². The standard InChI is InChI=1S/C15H25N5O3/c1-23-10-14(21)20-5-3-15(22)2-4-18(8-13(15)9-20)6-7-19-11-16-17-12-19/h11-13,22H,2-10H2,1H3. The summed E-state index contributed by atoms with van der Waals surface area (Å²) in [5, 5.41) is 18.5. The van der Waals surface area contributed by atoms with Crippen LogP contribution < -0.4 is 0 Å². The van der Waals surface area contributed by atoms with Crippen LogP contribution in [0.4, 0.5) is 0 Å². The van der Waals surface area contributed by atoms with Gasteiger partial charge in [-0.1, -0.05) is 0 Å². The predicted octanol–water partition coefficient (Wildman–Crippen LogP) is -0.790. The summed E-state index contributed by atoms with van der Waals surface area (Å²) in [4.78, 5) is 16.2. The third kappa shape index (κ3) is 3.70. The van der Waals surface area contributed by atoms with Gasteiger partial charge in [0.15, 0.2) is 0 Å². The average Bonchev–Trinajstić information content (AvgIpc) is 3.06. The van der Waals surface area contributed by atoms with Crippen LogP contribution in [-0.4, -0.2) is 87.6 Å². The maximum absolute atomic E-state index is 12.0. The van der Waals surface area contributed by atoms with Gasteiger partial charge in [0, 0.05) is 52.3 Å². The van der Waals surface area contributed by atoms with Crippen molar-refractivity contribution in [3.63, 3.8) is 0 Å². The number of carbonyl (C=O) groups excluding carboxylic acids is 1. The molecular formula is C15H25N5O3. The van der Waals surface area contributed by atoms with Crippen molar-refractivity contribution in [1.82, 2.24) is 24.6 Å². The van der Waals surface area contributed by atoms with E-state index in [0.29, 0.717) is 19.5 Å². The van der Waals surface area contributed by atoms with E-state index in [2.05, 4.69) is 15.1 Å². The van der Waals surface area contributed by atoms with Crippen LogP contribution in [0.2, 0.25) is 0 Å². The number of fused-ring (bicyclic) bond motifs is 1. The fraction of sp³-hybridized carbons (Fsp3) is 0.800. The molecule has 0 saturated carbocycles. The fourth-order valence-electron chi connectivity index (χ4n) is 3.61. The first-order valence-electron chi connectivity index (χ1n) is 8.14. The molecule has 2 saturated heterocycles. The van der Waals surface area contributed by atoms with Crippen molar-refractivity contribution in [2.45, 2.75) is 25.0 Å². The molecule has 2 atom stereocenters. The van der Waals surface area contributed by atoms with Crippen LogP contribution in [0.3, 0.4) is 0 Å². The minimum Gasteiger partial charge on any atom is -0.389 e. The van der Waals surface area contributed by atoms with Gasteiger partial charge in [-0.05, 0) is 12.8 Å². The lowest BCUT2D eigenvalue weighted by Crippen LogP contribution is -2.61. The molecule has 1 N–H and O–H groups in total. The molecule has 1 amide bonds. The number of aliphatic hydroxyl groups is 1. The monoisotopic (exact) mass is 323 g/mol. The number of aromatic nitrogens is 3. The summed E-state index contributed by atoms with van der Waals surface area (Å²) in [7, 11) is 1.53. The highest BCUT2D eigenvalue weighted by atomic mass is 16.5. The molecule has 0 bridgehead atoms. The summed E-state index contributed by atoms with van der Waals surface area (Å²) in [6, 6.07) is 0. The molecule has 3 rings (SSSR count). The van der Waals surface area contributed by atoms with Crippen LogP contribution in [0.25, 0.3) is 0 Å². The van der Waals surface area contributed by atoms with Gasteiger partial charge in [-0.25, -0.2) is 0 Å².